The van der Waals surface area contributed by atoms with Gasteiger partial charge >= 0.3 is 23.9 Å². The summed E-state index contributed by atoms with van der Waals surface area (Å²) in [6, 6.07) is 25.7. The summed E-state index contributed by atoms with van der Waals surface area (Å²) in [5.41, 5.74) is 15.7. The second-order valence-electron chi connectivity index (χ2n) is 41.3. The van der Waals surface area contributed by atoms with Gasteiger partial charge in [0.05, 0.1) is 21.7 Å². The second kappa shape index (κ2) is 46.4. The third-order valence-electron chi connectivity index (χ3n) is 30.2. The Morgan fingerprint density at radius 1 is 0.259 bits per heavy atom. The highest BCUT2D eigenvalue weighted by atomic mass is 16.4. The molecule has 8 fully saturated rings. The fraction of sp³-hybridized carbons (Fsp3) is 0.736. The standard InChI is InChI=1S/2C27H42O2.2C26H40O3/c1-22-12-11-14-23(13-7-3-5-9-16-26(2)18-19-26)24(22)15-8-4-6-10-17-27(20-21-27)25(28)29;1-22-13-14-23(11-7-3-5-9-15-26(2)17-18-26)24(21-22)12-8-4-6-10-16-27(19-20-27)25(28)29;1-25(17-18-25)15-8-4-2-6-11-21-12-10-14-23(27)22(21)13-7-3-5-9-16-26(19-20-26)24(28)29;1-25(16-17-25)14-8-4-2-6-10-21-12-13-23(27)20-22(21)11-7-3-5-9-15-26(18-19-26)24(28)29/h11-12,14H,3-10,13,15-21H2,1-2H3,(H,28,29);13-14,21H,3-12,15-20H2,1-2H3,(H,28,29);10,12,14,27H,2-9,11,13,15-20H2,1H3,(H,28,29);12-13,20,27H,2-11,14-19H2,1H3,(H,28,29). The third-order valence-corrected chi connectivity index (χ3v) is 30.2. The Labute approximate surface area is 705 Å². The predicted octanol–water partition coefficient (Wildman–Crippen LogP) is 29.4. The maximum atomic E-state index is 11.3. The van der Waals surface area contributed by atoms with Crippen LogP contribution in [0, 0.1) is 57.2 Å². The van der Waals surface area contributed by atoms with Gasteiger partial charge in [-0.25, -0.2) is 0 Å². The van der Waals surface area contributed by atoms with Crippen molar-refractivity contribution in [2.24, 2.45) is 43.3 Å². The molecule has 6 N–H and O–H groups in total. The van der Waals surface area contributed by atoms with Gasteiger partial charge in [0.15, 0.2) is 0 Å². The molecule has 0 saturated heterocycles. The zero-order valence-electron chi connectivity index (χ0n) is 74.5. The number of aryl methyl sites for hydroxylation is 8. The van der Waals surface area contributed by atoms with Crippen molar-refractivity contribution >= 4 is 23.9 Å². The minimum atomic E-state index is -0.599. The van der Waals surface area contributed by atoms with E-state index in [2.05, 4.69) is 90.1 Å². The van der Waals surface area contributed by atoms with Crippen molar-refractivity contribution in [2.45, 2.75) is 452 Å². The number of phenols is 2. The van der Waals surface area contributed by atoms with Gasteiger partial charge in [-0.05, 0) is 361 Å². The average Bonchev–Trinajstić information content (AvgIpc) is 1.66. The zero-order valence-corrected chi connectivity index (χ0v) is 74.5. The van der Waals surface area contributed by atoms with Crippen LogP contribution in [0.15, 0.2) is 72.8 Å². The summed E-state index contributed by atoms with van der Waals surface area (Å²) >= 11 is 0. The molecule has 8 aliphatic rings. The van der Waals surface area contributed by atoms with Crippen LogP contribution in [0.4, 0.5) is 0 Å². The summed E-state index contributed by atoms with van der Waals surface area (Å²) < 4.78 is 0. The molecule has 0 aliphatic heterocycles. The first-order valence-corrected chi connectivity index (χ1v) is 48.4. The minimum absolute atomic E-state index is 0.333. The van der Waals surface area contributed by atoms with Gasteiger partial charge in [-0.3, -0.25) is 19.2 Å². The van der Waals surface area contributed by atoms with Crippen molar-refractivity contribution in [1.29, 1.82) is 0 Å². The average molecular weight is 1600 g/mol. The highest BCUT2D eigenvalue weighted by molar-refractivity contribution is 5.79. The molecule has 0 aromatic heterocycles. The maximum Gasteiger partial charge on any atom is 0.309 e. The molecule has 0 amide bonds. The number of aromatic hydroxyl groups is 2. The maximum absolute atomic E-state index is 11.3. The molecule has 12 rings (SSSR count). The van der Waals surface area contributed by atoms with Crippen LogP contribution < -0.4 is 0 Å². The molecule has 4 aromatic carbocycles. The molecule has 116 heavy (non-hydrogen) atoms. The normalized spacial score (nSPS) is 18.5. The summed E-state index contributed by atoms with van der Waals surface area (Å²) in [6.07, 6.45) is 76.3. The van der Waals surface area contributed by atoms with Crippen LogP contribution >= 0.6 is 0 Å². The van der Waals surface area contributed by atoms with Crippen LogP contribution in [0.25, 0.3) is 0 Å². The first-order chi connectivity index (χ1) is 55.7. The fourth-order valence-corrected chi connectivity index (χ4v) is 18.9. The van der Waals surface area contributed by atoms with Crippen LogP contribution in [0.5, 0.6) is 11.5 Å². The lowest BCUT2D eigenvalue weighted by molar-refractivity contribution is -0.144. The van der Waals surface area contributed by atoms with Gasteiger partial charge in [0.25, 0.3) is 0 Å². The summed E-state index contributed by atoms with van der Waals surface area (Å²) in [6.45, 7) is 14.2. The number of benzene rings is 4. The molecule has 0 bridgehead atoms. The van der Waals surface area contributed by atoms with Crippen LogP contribution in [0.2, 0.25) is 0 Å². The summed E-state index contributed by atoms with van der Waals surface area (Å²) in [5.74, 6) is -1.50. The van der Waals surface area contributed by atoms with E-state index in [1.807, 2.05) is 24.3 Å². The highest BCUT2D eigenvalue weighted by Crippen LogP contribution is 2.55. The molecule has 0 unspecified atom stereocenters. The van der Waals surface area contributed by atoms with Crippen molar-refractivity contribution in [3.05, 3.63) is 128 Å². The Balaban J connectivity index is 0.000000177. The van der Waals surface area contributed by atoms with Crippen molar-refractivity contribution in [3.63, 3.8) is 0 Å². The molecule has 0 spiro atoms. The van der Waals surface area contributed by atoms with Gasteiger partial charge in [-0.2, -0.15) is 0 Å². The number of hydrogen-bond acceptors (Lipinski definition) is 6. The molecule has 0 atom stereocenters. The molecule has 10 heteroatoms. The van der Waals surface area contributed by atoms with Gasteiger partial charge in [0, 0.05) is 0 Å². The van der Waals surface area contributed by atoms with E-state index in [1.165, 1.54) is 272 Å². The lowest BCUT2D eigenvalue weighted by atomic mass is 9.92. The van der Waals surface area contributed by atoms with Crippen LogP contribution in [-0.4, -0.2) is 54.5 Å². The number of carboxylic acids is 4. The Bertz CT molecular complexity index is 3380. The quantitative estimate of drug-likeness (QED) is 0.0232. The lowest BCUT2D eigenvalue weighted by Crippen LogP contribution is -2.14. The Morgan fingerprint density at radius 3 is 0.836 bits per heavy atom. The number of aliphatic carboxylic acids is 4. The number of unbranched alkanes of at least 4 members (excludes halogenated alkanes) is 24. The molecular weight excluding hydrogens is 1430 g/mol. The molecule has 10 nitrogen and oxygen atoms in total. The van der Waals surface area contributed by atoms with Gasteiger partial charge < -0.3 is 30.6 Å². The van der Waals surface area contributed by atoms with E-state index >= 15 is 0 Å². The van der Waals surface area contributed by atoms with Crippen molar-refractivity contribution in [2.75, 3.05) is 0 Å². The van der Waals surface area contributed by atoms with E-state index in [-0.39, 0.29) is 21.7 Å². The highest BCUT2D eigenvalue weighted by Gasteiger charge is 2.52. The van der Waals surface area contributed by atoms with E-state index in [0.29, 0.717) is 22.3 Å². The number of rotatable bonds is 60. The monoisotopic (exact) mass is 1600 g/mol. The van der Waals surface area contributed by atoms with E-state index in [4.69, 9.17) is 0 Å². The number of carboxylic acid groups (broad SMARTS) is 4. The van der Waals surface area contributed by atoms with Gasteiger partial charge in [-0.15, -0.1) is 0 Å². The Morgan fingerprint density at radius 2 is 0.517 bits per heavy atom. The van der Waals surface area contributed by atoms with Gasteiger partial charge in [0.1, 0.15) is 11.5 Å². The largest absolute Gasteiger partial charge is 0.508 e. The van der Waals surface area contributed by atoms with Gasteiger partial charge in [0.2, 0.25) is 0 Å². The second-order valence-corrected chi connectivity index (χ2v) is 41.3. The van der Waals surface area contributed by atoms with Crippen molar-refractivity contribution in [1.82, 2.24) is 0 Å². The smallest absolute Gasteiger partial charge is 0.309 e. The number of phenolic OH excluding ortho intramolecular Hbond substituents is 2. The number of hydrogen-bond donors (Lipinski definition) is 6. The zero-order chi connectivity index (χ0) is 83.0. The molecular formula is C106H164O10. The first-order valence-electron chi connectivity index (χ1n) is 48.4. The topological polar surface area (TPSA) is 190 Å². The molecule has 0 heterocycles. The van der Waals surface area contributed by atoms with E-state index in [9.17, 15) is 49.8 Å². The fourth-order valence-electron chi connectivity index (χ4n) is 18.9. The molecule has 8 saturated carbocycles. The third kappa shape index (κ3) is 33.8. The summed E-state index contributed by atoms with van der Waals surface area (Å²) in [7, 11) is 0. The van der Waals surface area contributed by atoms with Crippen LogP contribution in [0.1, 0.15) is 443 Å². The summed E-state index contributed by atoms with van der Waals surface area (Å²) in [5, 5.41) is 57.3. The van der Waals surface area contributed by atoms with Crippen LogP contribution in [-0.2, 0) is 70.5 Å². The first kappa shape index (κ1) is 94.2. The van der Waals surface area contributed by atoms with Crippen molar-refractivity contribution < 1.29 is 49.8 Å². The van der Waals surface area contributed by atoms with Crippen LogP contribution in [0.3, 0.4) is 0 Å². The lowest BCUT2D eigenvalue weighted by Gasteiger charge is -2.13. The Kier molecular flexibility index (Phi) is 37.7. The molecule has 0 radical (unpaired) electrons. The molecule has 4 aromatic rings. The molecule has 8 aliphatic carbocycles. The van der Waals surface area contributed by atoms with E-state index in [0.717, 1.165) is 183 Å². The van der Waals surface area contributed by atoms with E-state index in [1.54, 1.807) is 22.3 Å². The Hall–Kier alpha value is -5.64. The summed E-state index contributed by atoms with van der Waals surface area (Å²) in [4.78, 5) is 45.0. The minimum Gasteiger partial charge on any atom is -0.508 e. The molecule has 648 valence electrons. The van der Waals surface area contributed by atoms with Gasteiger partial charge in [-0.1, -0.05) is 242 Å². The SMILES string of the molecule is CC1(CCCCCCc2ccc(O)cc2CCCCCCC2(C(=O)O)CC2)CC1.CC1(CCCCCCc2cccc(O)c2CCCCCCC2(C(=O)O)CC2)CC1.Cc1ccc(CCCCCCC2(C)CC2)c(CCCCCCC2(C(=O)O)CC2)c1.Cc1cccc(CCCCCCC2(C)CC2)c1CCCCCCC1(C(=O)O)CC1. The predicted molar refractivity (Wildman–Crippen MR) is 479 cm³/mol. The number of carbonyl (C=O) groups is 4. The van der Waals surface area contributed by atoms with Crippen molar-refractivity contribution in [3.8, 4) is 11.5 Å². The van der Waals surface area contributed by atoms with E-state index < -0.39 is 23.9 Å².